The molecule has 4 nitrogen and oxygen atoms in total. The SMILES string of the molecule is COc1ccc(-c2cc3ccc(OC)cc3s2)cc1.Oc1ccc(-c2cc3ccc(O)cc3s2)cc1. The van der Waals surface area contributed by atoms with Crippen LogP contribution in [0.1, 0.15) is 0 Å². The molecule has 2 N–H and O–H groups in total. The van der Waals surface area contributed by atoms with E-state index in [0.717, 1.165) is 32.0 Å². The van der Waals surface area contributed by atoms with Gasteiger partial charge in [0.2, 0.25) is 0 Å². The van der Waals surface area contributed by atoms with E-state index in [4.69, 9.17) is 9.47 Å². The molecule has 36 heavy (non-hydrogen) atoms. The van der Waals surface area contributed by atoms with E-state index in [1.807, 2.05) is 36.4 Å². The fourth-order valence-corrected chi connectivity index (χ4v) is 6.02. The maximum Gasteiger partial charge on any atom is 0.120 e. The number of ether oxygens (including phenoxy) is 2. The van der Waals surface area contributed by atoms with Crippen LogP contribution in [0.2, 0.25) is 0 Å². The van der Waals surface area contributed by atoms with Gasteiger partial charge < -0.3 is 19.7 Å². The molecule has 0 amide bonds. The first-order valence-corrected chi connectivity index (χ1v) is 12.9. The molecule has 6 aromatic rings. The summed E-state index contributed by atoms with van der Waals surface area (Å²) in [5.74, 6) is 2.34. The number of rotatable bonds is 4. The summed E-state index contributed by atoms with van der Waals surface area (Å²) in [7, 11) is 3.37. The molecule has 0 fully saturated rings. The number of hydrogen-bond acceptors (Lipinski definition) is 6. The lowest BCUT2D eigenvalue weighted by Crippen LogP contribution is -1.81. The van der Waals surface area contributed by atoms with Crippen molar-refractivity contribution in [3.63, 3.8) is 0 Å². The van der Waals surface area contributed by atoms with Gasteiger partial charge in [0.15, 0.2) is 0 Å². The summed E-state index contributed by atoms with van der Waals surface area (Å²) in [6.45, 7) is 0. The van der Waals surface area contributed by atoms with Crippen LogP contribution in [0, 0.1) is 0 Å². The highest BCUT2D eigenvalue weighted by molar-refractivity contribution is 7.22. The minimum Gasteiger partial charge on any atom is -0.508 e. The van der Waals surface area contributed by atoms with E-state index in [2.05, 4.69) is 36.4 Å². The topological polar surface area (TPSA) is 58.9 Å². The zero-order valence-electron chi connectivity index (χ0n) is 19.8. The maximum absolute atomic E-state index is 9.42. The van der Waals surface area contributed by atoms with Gasteiger partial charge in [-0.05, 0) is 119 Å². The Morgan fingerprint density at radius 3 is 1.56 bits per heavy atom. The first-order chi connectivity index (χ1) is 17.5. The van der Waals surface area contributed by atoms with Crippen molar-refractivity contribution in [2.75, 3.05) is 14.2 Å². The Hall–Kier alpha value is -4.00. The van der Waals surface area contributed by atoms with Crippen molar-refractivity contribution in [1.82, 2.24) is 0 Å². The summed E-state index contributed by atoms with van der Waals surface area (Å²) in [5.41, 5.74) is 2.28. The van der Waals surface area contributed by atoms with Crippen molar-refractivity contribution in [1.29, 1.82) is 0 Å². The summed E-state index contributed by atoms with van der Waals surface area (Å²) < 4.78 is 12.7. The van der Waals surface area contributed by atoms with Gasteiger partial charge >= 0.3 is 0 Å². The first-order valence-electron chi connectivity index (χ1n) is 11.3. The standard InChI is InChI=1S/C16H14O2S.C14H10O2S/c1-17-13-6-3-11(4-7-13)15-9-12-5-8-14(18-2)10-16(12)19-15;15-11-4-1-9(2-5-11)13-7-10-3-6-12(16)8-14(10)17-13/h3-10H,1-2H3;1-8,15-16H. The highest BCUT2D eigenvalue weighted by Gasteiger charge is 2.06. The Morgan fingerprint density at radius 1 is 0.500 bits per heavy atom. The molecule has 2 heterocycles. The molecule has 2 aromatic heterocycles. The average molecular weight is 513 g/mol. The van der Waals surface area contributed by atoms with Crippen LogP contribution < -0.4 is 9.47 Å². The van der Waals surface area contributed by atoms with Gasteiger partial charge in [-0.15, -0.1) is 22.7 Å². The van der Waals surface area contributed by atoms with Crippen LogP contribution in [0.4, 0.5) is 0 Å². The predicted molar refractivity (Wildman–Crippen MR) is 151 cm³/mol. The van der Waals surface area contributed by atoms with E-state index in [1.54, 1.807) is 61.2 Å². The molecular formula is C30H24O4S2. The van der Waals surface area contributed by atoms with E-state index < -0.39 is 0 Å². The summed E-state index contributed by atoms with van der Waals surface area (Å²) in [4.78, 5) is 2.39. The fraction of sp³-hybridized carbons (Fsp3) is 0.0667. The van der Waals surface area contributed by atoms with E-state index >= 15 is 0 Å². The maximum atomic E-state index is 9.42. The van der Waals surface area contributed by atoms with Crippen molar-refractivity contribution in [3.05, 3.63) is 97.1 Å². The zero-order valence-corrected chi connectivity index (χ0v) is 21.4. The largest absolute Gasteiger partial charge is 0.508 e. The molecule has 4 aromatic carbocycles. The zero-order chi connectivity index (χ0) is 25.1. The van der Waals surface area contributed by atoms with Gasteiger partial charge in [0.05, 0.1) is 14.2 Å². The second-order valence-corrected chi connectivity index (χ2v) is 10.3. The van der Waals surface area contributed by atoms with Crippen molar-refractivity contribution in [3.8, 4) is 43.9 Å². The van der Waals surface area contributed by atoms with Crippen molar-refractivity contribution in [2.24, 2.45) is 0 Å². The lowest BCUT2D eigenvalue weighted by atomic mass is 10.1. The van der Waals surface area contributed by atoms with Crippen LogP contribution in [0.5, 0.6) is 23.0 Å². The Morgan fingerprint density at radius 2 is 0.972 bits per heavy atom. The molecule has 0 bridgehead atoms. The quantitative estimate of drug-likeness (QED) is 0.248. The molecule has 6 heteroatoms. The third kappa shape index (κ3) is 5.15. The summed E-state index contributed by atoms with van der Waals surface area (Å²) in [6.07, 6.45) is 0. The molecule has 0 unspecified atom stereocenters. The highest BCUT2D eigenvalue weighted by Crippen LogP contribution is 2.37. The second kappa shape index (κ2) is 10.3. The Bertz CT molecular complexity index is 1610. The smallest absolute Gasteiger partial charge is 0.120 e. The molecule has 0 saturated carbocycles. The lowest BCUT2D eigenvalue weighted by molar-refractivity contribution is 0.415. The van der Waals surface area contributed by atoms with Crippen LogP contribution >= 0.6 is 22.7 Å². The number of benzene rings is 4. The number of methoxy groups -OCH3 is 2. The molecule has 180 valence electrons. The number of fused-ring (bicyclic) bond motifs is 2. The van der Waals surface area contributed by atoms with Crippen LogP contribution in [-0.2, 0) is 0 Å². The van der Waals surface area contributed by atoms with Gasteiger partial charge in [0, 0.05) is 19.2 Å². The van der Waals surface area contributed by atoms with E-state index in [0.29, 0.717) is 0 Å². The van der Waals surface area contributed by atoms with Crippen LogP contribution in [0.3, 0.4) is 0 Å². The van der Waals surface area contributed by atoms with Gasteiger partial charge in [0.1, 0.15) is 23.0 Å². The highest BCUT2D eigenvalue weighted by atomic mass is 32.1. The molecule has 6 rings (SSSR count). The van der Waals surface area contributed by atoms with Crippen LogP contribution in [0.25, 0.3) is 41.1 Å². The predicted octanol–water partition coefficient (Wildman–Crippen LogP) is 8.57. The molecule has 0 aliphatic rings. The first kappa shape index (κ1) is 23.7. The number of aromatic hydroxyl groups is 2. The molecular weight excluding hydrogens is 488 g/mol. The van der Waals surface area contributed by atoms with Gasteiger partial charge in [0.25, 0.3) is 0 Å². The Kier molecular flexibility index (Phi) is 6.80. The third-order valence-electron chi connectivity index (χ3n) is 5.76. The molecule has 0 atom stereocenters. The number of phenolic OH excluding ortho intramolecular Hbond substituents is 2. The summed E-state index contributed by atoms with van der Waals surface area (Å²) in [5, 5.41) is 21.0. The van der Waals surface area contributed by atoms with Gasteiger partial charge in [-0.2, -0.15) is 0 Å². The van der Waals surface area contributed by atoms with E-state index in [-0.39, 0.29) is 11.5 Å². The molecule has 0 aliphatic carbocycles. The monoisotopic (exact) mass is 512 g/mol. The Labute approximate surface area is 217 Å². The fourth-order valence-electron chi connectivity index (χ4n) is 3.82. The molecule has 0 saturated heterocycles. The average Bonchev–Trinajstić information content (AvgIpc) is 3.53. The van der Waals surface area contributed by atoms with Gasteiger partial charge in [-0.1, -0.05) is 0 Å². The van der Waals surface area contributed by atoms with Crippen molar-refractivity contribution < 1.29 is 19.7 Å². The van der Waals surface area contributed by atoms with Gasteiger partial charge in [-0.3, -0.25) is 0 Å². The van der Waals surface area contributed by atoms with E-state index in [1.165, 1.54) is 20.5 Å². The normalized spacial score (nSPS) is 10.7. The summed E-state index contributed by atoms with van der Waals surface area (Å²) >= 11 is 3.40. The van der Waals surface area contributed by atoms with Crippen LogP contribution in [-0.4, -0.2) is 24.4 Å². The lowest BCUT2D eigenvalue weighted by Gasteiger charge is -2.00. The second-order valence-electron chi connectivity index (χ2n) is 8.12. The number of hydrogen-bond donors (Lipinski definition) is 2. The molecule has 0 aliphatic heterocycles. The molecule has 0 spiro atoms. The third-order valence-corrected chi connectivity index (χ3v) is 8.05. The minimum absolute atomic E-state index is 0.271. The summed E-state index contributed by atoms with van der Waals surface area (Å²) in [6, 6.07) is 31.1. The van der Waals surface area contributed by atoms with Crippen LogP contribution in [0.15, 0.2) is 97.1 Å². The number of thiophene rings is 2. The van der Waals surface area contributed by atoms with Crippen molar-refractivity contribution in [2.45, 2.75) is 0 Å². The van der Waals surface area contributed by atoms with Gasteiger partial charge in [-0.25, -0.2) is 0 Å². The minimum atomic E-state index is 0.271. The Balaban J connectivity index is 0.000000149. The molecule has 0 radical (unpaired) electrons. The number of phenols is 2. The van der Waals surface area contributed by atoms with E-state index in [9.17, 15) is 10.2 Å². The van der Waals surface area contributed by atoms with Crippen molar-refractivity contribution >= 4 is 42.8 Å².